The van der Waals surface area contributed by atoms with Gasteiger partial charge in [-0.05, 0) is 29.8 Å². The molecule has 1 fully saturated rings. The monoisotopic (exact) mass is 415 g/mol. The van der Waals surface area contributed by atoms with Crippen LogP contribution in [-0.2, 0) is 21.3 Å². The number of hydrogen-bond donors (Lipinski definition) is 1. The summed E-state index contributed by atoms with van der Waals surface area (Å²) in [6, 6.07) is 10.2. The van der Waals surface area contributed by atoms with Gasteiger partial charge in [0.2, 0.25) is 10.0 Å². The van der Waals surface area contributed by atoms with E-state index in [0.717, 1.165) is 11.3 Å². The summed E-state index contributed by atoms with van der Waals surface area (Å²) in [5.41, 5.74) is 1.57. The smallest absolute Gasteiger partial charge is 0.218 e. The summed E-state index contributed by atoms with van der Waals surface area (Å²) in [6.07, 6.45) is 2.20. The molecular weight excluding hydrogens is 397 g/mol. The molecule has 1 aliphatic rings. The van der Waals surface area contributed by atoms with Crippen molar-refractivity contribution in [1.29, 1.82) is 0 Å². The Labute approximate surface area is 163 Å². The highest BCUT2D eigenvalue weighted by atomic mass is 35.5. The Balaban J connectivity index is 1.73. The number of nitrogens with zero attached hydrogens (tertiary/aromatic N) is 2. The maximum atomic E-state index is 12.8. The van der Waals surface area contributed by atoms with Gasteiger partial charge in [0.1, 0.15) is 5.25 Å². The molecular formula is C17H19Cl2N3O3S. The quantitative estimate of drug-likeness (QED) is 0.784. The van der Waals surface area contributed by atoms with E-state index in [1.165, 1.54) is 0 Å². The van der Waals surface area contributed by atoms with Crippen molar-refractivity contribution in [1.82, 2.24) is 14.8 Å². The highest BCUT2D eigenvalue weighted by Crippen LogP contribution is 2.35. The lowest BCUT2D eigenvalue weighted by atomic mass is 10.0. The van der Waals surface area contributed by atoms with Gasteiger partial charge in [-0.1, -0.05) is 35.3 Å². The molecule has 1 aromatic carbocycles. The minimum atomic E-state index is -3.60. The second-order valence-corrected chi connectivity index (χ2v) is 8.81. The van der Waals surface area contributed by atoms with Crippen molar-refractivity contribution in [2.45, 2.75) is 17.7 Å². The summed E-state index contributed by atoms with van der Waals surface area (Å²) >= 11 is 12.1. The lowest BCUT2D eigenvalue weighted by Gasteiger charge is -2.23. The van der Waals surface area contributed by atoms with E-state index in [9.17, 15) is 8.42 Å². The van der Waals surface area contributed by atoms with E-state index in [-0.39, 0.29) is 13.2 Å². The first-order valence-corrected chi connectivity index (χ1v) is 10.4. The standard InChI is InChI=1S/C17H19Cl2N3O3S/c1-22-17(12-5-6-14(18)15(19)10-12)16(11-25-22)26(23,24)21-9-7-13-4-2-3-8-20-13/h2-6,8,10,16-17,21H,7,9,11H2,1H3. The Morgan fingerprint density at radius 1 is 1.27 bits per heavy atom. The zero-order valence-electron chi connectivity index (χ0n) is 14.1. The number of aromatic nitrogens is 1. The Bertz CT molecular complexity index is 865. The molecule has 2 atom stereocenters. The van der Waals surface area contributed by atoms with E-state index >= 15 is 0 Å². The fourth-order valence-electron chi connectivity index (χ4n) is 2.95. The summed E-state index contributed by atoms with van der Waals surface area (Å²) in [7, 11) is -1.90. The molecule has 9 heteroatoms. The molecule has 2 unspecified atom stereocenters. The molecule has 2 heterocycles. The van der Waals surface area contributed by atoms with E-state index in [1.54, 1.807) is 36.5 Å². The maximum absolute atomic E-state index is 12.8. The van der Waals surface area contributed by atoms with Gasteiger partial charge in [0.15, 0.2) is 0 Å². The number of rotatable bonds is 6. The molecule has 0 saturated carbocycles. The number of sulfonamides is 1. The van der Waals surface area contributed by atoms with Gasteiger partial charge in [-0.25, -0.2) is 13.1 Å². The van der Waals surface area contributed by atoms with Crippen LogP contribution >= 0.6 is 23.2 Å². The van der Waals surface area contributed by atoms with Crippen molar-refractivity contribution < 1.29 is 13.3 Å². The average molecular weight is 416 g/mol. The highest BCUT2D eigenvalue weighted by Gasteiger charge is 2.43. The number of halogens is 2. The molecule has 2 aromatic rings. The van der Waals surface area contributed by atoms with Gasteiger partial charge in [0.05, 0.1) is 22.7 Å². The molecule has 0 amide bonds. The van der Waals surface area contributed by atoms with Crippen LogP contribution in [0.5, 0.6) is 0 Å². The number of nitrogens with one attached hydrogen (secondary N) is 1. The van der Waals surface area contributed by atoms with Gasteiger partial charge in [-0.15, -0.1) is 0 Å². The van der Waals surface area contributed by atoms with E-state index in [1.807, 2.05) is 18.2 Å². The van der Waals surface area contributed by atoms with Gasteiger partial charge in [0, 0.05) is 31.9 Å². The van der Waals surface area contributed by atoms with Gasteiger partial charge in [-0.2, -0.15) is 5.06 Å². The van der Waals surface area contributed by atoms with Crippen LogP contribution in [0.4, 0.5) is 0 Å². The molecule has 0 bridgehead atoms. The predicted molar refractivity (Wildman–Crippen MR) is 102 cm³/mol. The molecule has 0 radical (unpaired) electrons. The molecule has 1 saturated heterocycles. The third kappa shape index (κ3) is 4.36. The van der Waals surface area contributed by atoms with Crippen LogP contribution in [0.15, 0.2) is 42.6 Å². The first-order chi connectivity index (χ1) is 12.4. The Hall–Kier alpha value is -1.22. The molecule has 0 spiro atoms. The largest absolute Gasteiger partial charge is 0.297 e. The summed E-state index contributed by atoms with van der Waals surface area (Å²) in [5.74, 6) is 0. The van der Waals surface area contributed by atoms with Crippen molar-refractivity contribution in [3.8, 4) is 0 Å². The lowest BCUT2D eigenvalue weighted by Crippen LogP contribution is -2.40. The van der Waals surface area contributed by atoms with E-state index in [4.69, 9.17) is 28.0 Å². The van der Waals surface area contributed by atoms with E-state index < -0.39 is 21.3 Å². The number of benzene rings is 1. The van der Waals surface area contributed by atoms with E-state index in [0.29, 0.717) is 16.5 Å². The highest BCUT2D eigenvalue weighted by molar-refractivity contribution is 7.90. The van der Waals surface area contributed by atoms with Gasteiger partial charge < -0.3 is 0 Å². The van der Waals surface area contributed by atoms with Crippen molar-refractivity contribution in [3.05, 3.63) is 63.9 Å². The van der Waals surface area contributed by atoms with Crippen LogP contribution in [0, 0.1) is 0 Å². The summed E-state index contributed by atoms with van der Waals surface area (Å²) in [6.45, 7) is 0.341. The average Bonchev–Trinajstić information content (AvgIpc) is 3.01. The fraction of sp³-hybridized carbons (Fsp3) is 0.353. The van der Waals surface area contributed by atoms with E-state index in [2.05, 4.69) is 9.71 Å². The SMILES string of the molecule is CN1OCC(S(=O)(=O)NCCc2ccccn2)C1c1ccc(Cl)c(Cl)c1. The Morgan fingerprint density at radius 2 is 2.08 bits per heavy atom. The molecule has 3 rings (SSSR count). The second kappa shape index (κ2) is 8.21. The minimum Gasteiger partial charge on any atom is -0.297 e. The molecule has 6 nitrogen and oxygen atoms in total. The molecule has 140 valence electrons. The summed E-state index contributed by atoms with van der Waals surface area (Å²) in [4.78, 5) is 9.67. The summed E-state index contributed by atoms with van der Waals surface area (Å²) in [5, 5.41) is 1.59. The Kier molecular flexibility index (Phi) is 6.17. The number of pyridine rings is 1. The van der Waals surface area contributed by atoms with Crippen molar-refractivity contribution in [2.75, 3.05) is 20.2 Å². The van der Waals surface area contributed by atoms with Crippen LogP contribution in [-0.4, -0.2) is 43.9 Å². The van der Waals surface area contributed by atoms with Crippen molar-refractivity contribution in [2.24, 2.45) is 0 Å². The molecule has 1 aliphatic heterocycles. The molecule has 1 aromatic heterocycles. The van der Waals surface area contributed by atoms with Gasteiger partial charge >= 0.3 is 0 Å². The van der Waals surface area contributed by atoms with Crippen LogP contribution in [0.25, 0.3) is 0 Å². The zero-order chi connectivity index (χ0) is 18.7. The minimum absolute atomic E-state index is 0.0698. The zero-order valence-corrected chi connectivity index (χ0v) is 16.4. The first-order valence-electron chi connectivity index (χ1n) is 8.07. The van der Waals surface area contributed by atoms with Crippen LogP contribution in [0.3, 0.4) is 0 Å². The maximum Gasteiger partial charge on any atom is 0.218 e. The first kappa shape index (κ1) is 19.5. The van der Waals surface area contributed by atoms with Crippen LogP contribution < -0.4 is 4.72 Å². The fourth-order valence-corrected chi connectivity index (χ4v) is 4.77. The molecule has 1 N–H and O–H groups in total. The van der Waals surface area contributed by atoms with Gasteiger partial charge in [-0.3, -0.25) is 9.82 Å². The molecule has 0 aliphatic carbocycles. The topological polar surface area (TPSA) is 71.5 Å². The number of hydroxylamine groups is 2. The lowest BCUT2D eigenvalue weighted by molar-refractivity contribution is -0.110. The van der Waals surface area contributed by atoms with Crippen molar-refractivity contribution >= 4 is 33.2 Å². The molecule has 26 heavy (non-hydrogen) atoms. The Morgan fingerprint density at radius 3 is 2.77 bits per heavy atom. The number of hydrogen-bond acceptors (Lipinski definition) is 5. The second-order valence-electron chi connectivity index (χ2n) is 6.01. The predicted octanol–water partition coefficient (Wildman–Crippen LogP) is 2.84. The van der Waals surface area contributed by atoms with Crippen LogP contribution in [0.1, 0.15) is 17.3 Å². The van der Waals surface area contributed by atoms with Gasteiger partial charge in [0.25, 0.3) is 0 Å². The van der Waals surface area contributed by atoms with Crippen LogP contribution in [0.2, 0.25) is 10.0 Å². The third-order valence-corrected chi connectivity index (χ3v) is 6.82. The van der Waals surface area contributed by atoms with Crippen molar-refractivity contribution in [3.63, 3.8) is 0 Å². The normalized spacial score (nSPS) is 21.2. The summed E-state index contributed by atoms with van der Waals surface area (Å²) < 4.78 is 28.3. The third-order valence-electron chi connectivity index (χ3n) is 4.28.